The first-order chi connectivity index (χ1) is 8.70. The second kappa shape index (κ2) is 6.30. The molecule has 0 amide bonds. The highest BCUT2D eigenvalue weighted by atomic mass is 32.1. The van der Waals surface area contributed by atoms with Crippen molar-refractivity contribution >= 4 is 17.2 Å². The van der Waals surface area contributed by atoms with Gasteiger partial charge in [-0.3, -0.25) is 0 Å². The average Bonchev–Trinajstić information content (AvgIpc) is 2.84. The number of rotatable bonds is 5. The Bertz CT molecular complexity index is 391. The third-order valence-electron chi connectivity index (χ3n) is 3.93. The van der Waals surface area contributed by atoms with E-state index in [-0.39, 0.29) is 5.92 Å². The molecule has 0 aliphatic carbocycles. The Labute approximate surface area is 115 Å². The van der Waals surface area contributed by atoms with E-state index in [2.05, 4.69) is 36.1 Å². The van der Waals surface area contributed by atoms with Gasteiger partial charge in [-0.2, -0.15) is 0 Å². The lowest BCUT2D eigenvalue weighted by Gasteiger charge is -2.23. The maximum Gasteiger partial charge on any atom is 0.0816 e. The molecule has 0 saturated carbocycles. The summed E-state index contributed by atoms with van der Waals surface area (Å²) in [6.45, 7) is 5.62. The van der Waals surface area contributed by atoms with Crippen LogP contribution in [0, 0.1) is 5.92 Å². The highest BCUT2D eigenvalue weighted by Crippen LogP contribution is 2.24. The topological polar surface area (TPSA) is 29.3 Å². The molecule has 98 valence electrons. The van der Waals surface area contributed by atoms with E-state index in [1.807, 2.05) is 6.07 Å². The number of nitrogens with two attached hydrogens (primary N) is 1. The summed E-state index contributed by atoms with van der Waals surface area (Å²) in [6, 6.07) is 10.4. The van der Waals surface area contributed by atoms with E-state index < -0.39 is 0 Å². The minimum Gasteiger partial charge on any atom is -0.393 e. The molecule has 1 heterocycles. The fourth-order valence-corrected chi connectivity index (χ4v) is 2.93. The normalized spacial score (nSPS) is 21.9. The second-order valence-corrected chi connectivity index (χ2v) is 5.66. The van der Waals surface area contributed by atoms with Gasteiger partial charge in [0.15, 0.2) is 0 Å². The van der Waals surface area contributed by atoms with E-state index >= 15 is 0 Å². The lowest BCUT2D eigenvalue weighted by Crippen LogP contribution is -2.32. The maximum atomic E-state index is 5.92. The first-order valence-electron chi connectivity index (χ1n) is 6.77. The molecule has 18 heavy (non-hydrogen) atoms. The molecule has 1 saturated heterocycles. The third-order valence-corrected chi connectivity index (χ3v) is 4.22. The van der Waals surface area contributed by atoms with Gasteiger partial charge in [0.2, 0.25) is 0 Å². The standard InChI is InChI=1S/C15H22N2S/c1-2-12-8-9-17(10-12)11-14(15(16)18)13-6-4-3-5-7-13/h3-7,12,14H,2,8-11H2,1H3,(H2,16,18). The van der Waals surface area contributed by atoms with E-state index in [0.717, 1.165) is 12.5 Å². The molecule has 2 unspecified atom stereocenters. The van der Waals surface area contributed by atoms with Crippen LogP contribution in [0.25, 0.3) is 0 Å². The summed E-state index contributed by atoms with van der Waals surface area (Å²) in [5, 5.41) is 0. The van der Waals surface area contributed by atoms with Crippen LogP contribution >= 0.6 is 12.2 Å². The van der Waals surface area contributed by atoms with Gasteiger partial charge in [0.1, 0.15) is 0 Å². The summed E-state index contributed by atoms with van der Waals surface area (Å²) >= 11 is 5.24. The highest BCUT2D eigenvalue weighted by Gasteiger charge is 2.25. The predicted octanol–water partition coefficient (Wildman–Crippen LogP) is 2.79. The number of nitrogens with zero attached hydrogens (tertiary/aromatic N) is 1. The fraction of sp³-hybridized carbons (Fsp3) is 0.533. The van der Waals surface area contributed by atoms with E-state index in [1.165, 1.54) is 31.5 Å². The first-order valence-corrected chi connectivity index (χ1v) is 7.18. The van der Waals surface area contributed by atoms with E-state index in [4.69, 9.17) is 18.0 Å². The summed E-state index contributed by atoms with van der Waals surface area (Å²) in [4.78, 5) is 3.12. The molecule has 2 atom stereocenters. The van der Waals surface area contributed by atoms with Crippen LogP contribution < -0.4 is 5.73 Å². The zero-order chi connectivity index (χ0) is 13.0. The van der Waals surface area contributed by atoms with Crippen LogP contribution in [0.5, 0.6) is 0 Å². The molecule has 0 aromatic heterocycles. The van der Waals surface area contributed by atoms with Gasteiger partial charge >= 0.3 is 0 Å². The van der Waals surface area contributed by atoms with Crippen molar-refractivity contribution in [2.75, 3.05) is 19.6 Å². The monoisotopic (exact) mass is 262 g/mol. The zero-order valence-electron chi connectivity index (χ0n) is 11.0. The quantitative estimate of drug-likeness (QED) is 0.827. The Kier molecular flexibility index (Phi) is 4.72. The SMILES string of the molecule is CCC1CCN(CC(C(N)=S)c2ccccc2)C1. The molecule has 2 nitrogen and oxygen atoms in total. The van der Waals surface area contributed by atoms with Gasteiger partial charge in [0.25, 0.3) is 0 Å². The van der Waals surface area contributed by atoms with Crippen LogP contribution in [0.1, 0.15) is 31.2 Å². The lowest BCUT2D eigenvalue weighted by atomic mass is 9.98. The van der Waals surface area contributed by atoms with Crippen LogP contribution in [-0.4, -0.2) is 29.5 Å². The molecular weight excluding hydrogens is 240 g/mol. The predicted molar refractivity (Wildman–Crippen MR) is 80.8 cm³/mol. The molecule has 1 aromatic carbocycles. The van der Waals surface area contributed by atoms with Crippen LogP contribution in [0.15, 0.2) is 30.3 Å². The highest BCUT2D eigenvalue weighted by molar-refractivity contribution is 7.80. The summed E-state index contributed by atoms with van der Waals surface area (Å²) in [5.41, 5.74) is 7.16. The molecule has 0 radical (unpaired) electrons. The van der Waals surface area contributed by atoms with Gasteiger partial charge in [-0.25, -0.2) is 0 Å². The van der Waals surface area contributed by atoms with Crippen molar-refractivity contribution in [1.82, 2.24) is 4.90 Å². The fourth-order valence-electron chi connectivity index (χ4n) is 2.72. The Hall–Kier alpha value is -0.930. The largest absolute Gasteiger partial charge is 0.393 e. The van der Waals surface area contributed by atoms with Gasteiger partial charge in [-0.05, 0) is 24.4 Å². The van der Waals surface area contributed by atoms with E-state index in [9.17, 15) is 0 Å². The molecule has 1 aliphatic heterocycles. The van der Waals surface area contributed by atoms with Crippen molar-refractivity contribution < 1.29 is 0 Å². The molecule has 1 aromatic rings. The van der Waals surface area contributed by atoms with Crippen LogP contribution in [0.2, 0.25) is 0 Å². The van der Waals surface area contributed by atoms with Crippen molar-refractivity contribution in [2.24, 2.45) is 11.7 Å². The maximum absolute atomic E-state index is 5.92. The number of hydrogen-bond donors (Lipinski definition) is 1. The van der Waals surface area contributed by atoms with Gasteiger partial charge in [0.05, 0.1) is 4.99 Å². The Morgan fingerprint density at radius 2 is 2.17 bits per heavy atom. The van der Waals surface area contributed by atoms with Crippen molar-refractivity contribution in [3.63, 3.8) is 0 Å². The Balaban J connectivity index is 2.02. The van der Waals surface area contributed by atoms with Crippen molar-refractivity contribution in [2.45, 2.75) is 25.7 Å². The van der Waals surface area contributed by atoms with Crippen LogP contribution in [-0.2, 0) is 0 Å². The molecule has 1 fully saturated rings. The lowest BCUT2D eigenvalue weighted by molar-refractivity contribution is 0.319. The molecular formula is C15H22N2S. The zero-order valence-corrected chi connectivity index (χ0v) is 11.8. The molecule has 3 heteroatoms. The molecule has 2 rings (SSSR count). The van der Waals surface area contributed by atoms with Gasteiger partial charge in [-0.15, -0.1) is 0 Å². The van der Waals surface area contributed by atoms with Crippen molar-refractivity contribution in [3.05, 3.63) is 35.9 Å². The summed E-state index contributed by atoms with van der Waals surface area (Å²) in [6.07, 6.45) is 2.59. The van der Waals surface area contributed by atoms with E-state index in [0.29, 0.717) is 4.99 Å². The molecule has 0 spiro atoms. The Morgan fingerprint density at radius 3 is 2.72 bits per heavy atom. The van der Waals surface area contributed by atoms with Crippen molar-refractivity contribution in [1.29, 1.82) is 0 Å². The number of hydrogen-bond acceptors (Lipinski definition) is 2. The summed E-state index contributed by atoms with van der Waals surface area (Å²) < 4.78 is 0. The number of likely N-dealkylation sites (tertiary alicyclic amines) is 1. The molecule has 0 bridgehead atoms. The van der Waals surface area contributed by atoms with E-state index in [1.54, 1.807) is 0 Å². The summed E-state index contributed by atoms with van der Waals surface area (Å²) in [7, 11) is 0. The third kappa shape index (κ3) is 3.30. The van der Waals surface area contributed by atoms with Gasteiger partial charge in [0, 0.05) is 19.0 Å². The second-order valence-electron chi connectivity index (χ2n) is 5.19. The van der Waals surface area contributed by atoms with Crippen LogP contribution in [0.3, 0.4) is 0 Å². The van der Waals surface area contributed by atoms with Crippen molar-refractivity contribution in [3.8, 4) is 0 Å². The molecule has 2 N–H and O–H groups in total. The van der Waals surface area contributed by atoms with Crippen LogP contribution in [0.4, 0.5) is 0 Å². The van der Waals surface area contributed by atoms with Gasteiger partial charge in [-0.1, -0.05) is 55.9 Å². The number of benzene rings is 1. The average molecular weight is 262 g/mol. The number of thiocarbonyl (C=S) groups is 1. The Morgan fingerprint density at radius 1 is 1.44 bits per heavy atom. The minimum absolute atomic E-state index is 0.191. The first kappa shape index (κ1) is 13.5. The summed E-state index contributed by atoms with van der Waals surface area (Å²) in [5.74, 6) is 1.05. The minimum atomic E-state index is 0.191. The van der Waals surface area contributed by atoms with Gasteiger partial charge < -0.3 is 10.6 Å². The molecule has 1 aliphatic rings. The smallest absolute Gasteiger partial charge is 0.0816 e.